The molecular formula is C24H27F5N2O6. The number of alkyl halides is 5. The molecule has 37 heavy (non-hydrogen) atoms. The number of ether oxygens (including phenoxy) is 2. The number of hydrogen-bond acceptors (Lipinski definition) is 7. The monoisotopic (exact) mass is 534 g/mol. The van der Waals surface area contributed by atoms with Gasteiger partial charge in [-0.05, 0) is 46.1 Å². The van der Waals surface area contributed by atoms with E-state index in [0.29, 0.717) is 5.70 Å². The molecule has 0 bridgehead atoms. The fraction of sp³-hybridized carbons (Fsp3) is 0.500. The lowest BCUT2D eigenvalue weighted by Crippen LogP contribution is -2.36. The summed E-state index contributed by atoms with van der Waals surface area (Å²) in [7, 11) is 0. The summed E-state index contributed by atoms with van der Waals surface area (Å²) in [5, 5.41) is 14.2. The van der Waals surface area contributed by atoms with Gasteiger partial charge in [0.15, 0.2) is 0 Å². The summed E-state index contributed by atoms with van der Waals surface area (Å²) < 4.78 is 73.6. The van der Waals surface area contributed by atoms with Crippen LogP contribution in [0.3, 0.4) is 0 Å². The second kappa shape index (κ2) is 11.7. The van der Waals surface area contributed by atoms with Crippen LogP contribution in [0.25, 0.3) is 0 Å². The van der Waals surface area contributed by atoms with Crippen molar-refractivity contribution in [2.45, 2.75) is 71.1 Å². The van der Waals surface area contributed by atoms with Crippen LogP contribution in [0.15, 0.2) is 46.8 Å². The van der Waals surface area contributed by atoms with Crippen LogP contribution in [-0.4, -0.2) is 41.7 Å². The summed E-state index contributed by atoms with van der Waals surface area (Å²) in [5.41, 5.74) is 0.469. The molecule has 1 N–H and O–H groups in total. The summed E-state index contributed by atoms with van der Waals surface area (Å²) in [6, 6.07) is 5.30. The Morgan fingerprint density at radius 1 is 1.05 bits per heavy atom. The smallest absolute Gasteiger partial charge is 0.453 e. The Morgan fingerprint density at radius 3 is 2.19 bits per heavy atom. The van der Waals surface area contributed by atoms with Gasteiger partial charge in [0.2, 0.25) is 0 Å². The Labute approximate surface area is 209 Å². The van der Waals surface area contributed by atoms with Crippen molar-refractivity contribution in [3.05, 3.63) is 62.5 Å². The molecule has 0 aromatic heterocycles. The van der Waals surface area contributed by atoms with Gasteiger partial charge in [0, 0.05) is 29.9 Å². The Bertz CT molecular complexity index is 1110. The molecule has 1 aliphatic rings. The van der Waals surface area contributed by atoms with Crippen LogP contribution in [0.2, 0.25) is 0 Å². The summed E-state index contributed by atoms with van der Waals surface area (Å²) in [6.07, 6.45) is -8.47. The minimum atomic E-state index is -5.67. The van der Waals surface area contributed by atoms with Gasteiger partial charge in [-0.3, -0.25) is 10.1 Å². The van der Waals surface area contributed by atoms with Crippen LogP contribution in [-0.2, 0) is 19.1 Å². The van der Waals surface area contributed by atoms with E-state index in [1.807, 2.05) is 0 Å². The zero-order chi connectivity index (χ0) is 28.1. The molecule has 1 heterocycles. The average molecular weight is 534 g/mol. The number of dihydropyridines is 1. The fourth-order valence-electron chi connectivity index (χ4n) is 3.80. The molecule has 1 aliphatic heterocycles. The topological polar surface area (TPSA) is 108 Å². The van der Waals surface area contributed by atoms with Gasteiger partial charge in [0.05, 0.1) is 34.7 Å². The summed E-state index contributed by atoms with van der Waals surface area (Å²) in [5.74, 6) is -7.73. The number of carbonyl (C=O) groups excluding carboxylic acids is 2. The number of rotatable bonds is 10. The standard InChI is InChI=1S/C24H27F5N2O6/c1-13(2)37-22(33)19-15(4)30-14(3)18(20(19)16-8-7-9-17(12-16)31(34)35)21(32)36-11-6-5-10-23(25,26)24(27,28)29/h7-9,12-13,20,30H,5-6,10-11H2,1-4H3. The summed E-state index contributed by atoms with van der Waals surface area (Å²) in [4.78, 5) is 36.7. The molecule has 0 saturated heterocycles. The number of allylic oxidation sites excluding steroid dienone is 2. The molecule has 13 heteroatoms. The predicted molar refractivity (Wildman–Crippen MR) is 121 cm³/mol. The molecule has 1 aromatic carbocycles. The molecule has 0 amide bonds. The number of nitro benzene ring substituents is 1. The maximum absolute atomic E-state index is 13.1. The van der Waals surface area contributed by atoms with Crippen LogP contribution >= 0.6 is 0 Å². The number of hydrogen-bond donors (Lipinski definition) is 1. The molecule has 1 atom stereocenters. The third-order valence-electron chi connectivity index (χ3n) is 5.49. The number of benzene rings is 1. The lowest BCUT2D eigenvalue weighted by Gasteiger charge is -2.30. The van der Waals surface area contributed by atoms with E-state index in [0.717, 1.165) is 0 Å². The van der Waals surface area contributed by atoms with E-state index in [9.17, 15) is 41.7 Å². The molecule has 8 nitrogen and oxygen atoms in total. The maximum Gasteiger partial charge on any atom is 0.453 e. The van der Waals surface area contributed by atoms with Gasteiger partial charge in [0.25, 0.3) is 5.69 Å². The number of nitro groups is 1. The Kier molecular flexibility index (Phi) is 9.39. The molecule has 0 radical (unpaired) electrons. The molecule has 0 saturated carbocycles. The van der Waals surface area contributed by atoms with E-state index < -0.39 is 60.4 Å². The van der Waals surface area contributed by atoms with Crippen LogP contribution < -0.4 is 5.32 Å². The zero-order valence-electron chi connectivity index (χ0n) is 20.6. The van der Waals surface area contributed by atoms with Crippen molar-refractivity contribution < 1.29 is 45.9 Å². The van der Waals surface area contributed by atoms with E-state index in [2.05, 4.69) is 5.32 Å². The number of non-ortho nitro benzene ring substituents is 1. The Hall–Kier alpha value is -3.51. The highest BCUT2D eigenvalue weighted by molar-refractivity contribution is 6.00. The molecule has 0 aliphatic carbocycles. The van der Waals surface area contributed by atoms with Gasteiger partial charge in [-0.1, -0.05) is 12.1 Å². The first-order valence-corrected chi connectivity index (χ1v) is 11.3. The Morgan fingerprint density at radius 2 is 1.65 bits per heavy atom. The van der Waals surface area contributed by atoms with Crippen molar-refractivity contribution in [3.8, 4) is 0 Å². The molecule has 0 fully saturated rings. The number of carbonyl (C=O) groups is 2. The molecule has 1 aromatic rings. The van der Waals surface area contributed by atoms with Crippen molar-refractivity contribution in [2.24, 2.45) is 0 Å². The minimum absolute atomic E-state index is 0.0107. The first-order valence-electron chi connectivity index (χ1n) is 11.3. The average Bonchev–Trinajstić information content (AvgIpc) is 2.76. The third-order valence-corrected chi connectivity index (χ3v) is 5.49. The van der Waals surface area contributed by atoms with E-state index in [4.69, 9.17) is 9.47 Å². The van der Waals surface area contributed by atoms with Crippen molar-refractivity contribution in [3.63, 3.8) is 0 Å². The quantitative estimate of drug-likeness (QED) is 0.135. The number of unbranched alkanes of at least 4 members (excludes halogenated alkanes) is 1. The van der Waals surface area contributed by atoms with Crippen molar-refractivity contribution >= 4 is 17.6 Å². The highest BCUT2D eigenvalue weighted by Gasteiger charge is 2.56. The molecule has 1 unspecified atom stereocenters. The number of esters is 2. The van der Waals surface area contributed by atoms with Crippen LogP contribution in [0, 0.1) is 10.1 Å². The van der Waals surface area contributed by atoms with Gasteiger partial charge in [-0.25, -0.2) is 9.59 Å². The predicted octanol–water partition coefficient (Wildman–Crippen LogP) is 5.69. The van der Waals surface area contributed by atoms with E-state index in [1.54, 1.807) is 20.8 Å². The third kappa shape index (κ3) is 7.26. The minimum Gasteiger partial charge on any atom is -0.462 e. The van der Waals surface area contributed by atoms with Gasteiger partial charge < -0.3 is 14.8 Å². The van der Waals surface area contributed by atoms with E-state index >= 15 is 0 Å². The normalized spacial score (nSPS) is 16.5. The highest BCUT2D eigenvalue weighted by Crippen LogP contribution is 2.41. The van der Waals surface area contributed by atoms with E-state index in [1.165, 1.54) is 31.2 Å². The van der Waals surface area contributed by atoms with Gasteiger partial charge in [-0.15, -0.1) is 0 Å². The SMILES string of the molecule is CC1=C(C(=O)OCCCCC(F)(F)C(F)(F)F)C(c2cccc([N+](=O)[O-])c2)C(C(=O)OC(C)C)=C(C)N1. The number of halogens is 5. The molecule has 0 spiro atoms. The first kappa shape index (κ1) is 29.7. The van der Waals surface area contributed by atoms with E-state index in [-0.39, 0.29) is 34.5 Å². The largest absolute Gasteiger partial charge is 0.462 e. The van der Waals surface area contributed by atoms with Crippen LogP contribution in [0.5, 0.6) is 0 Å². The van der Waals surface area contributed by atoms with Crippen LogP contribution in [0.1, 0.15) is 58.4 Å². The van der Waals surface area contributed by atoms with Gasteiger partial charge in [0.1, 0.15) is 0 Å². The Balaban J connectivity index is 2.33. The van der Waals surface area contributed by atoms with Crippen molar-refractivity contribution in [2.75, 3.05) is 6.61 Å². The lowest BCUT2D eigenvalue weighted by atomic mass is 9.80. The highest BCUT2D eigenvalue weighted by atomic mass is 19.4. The lowest BCUT2D eigenvalue weighted by molar-refractivity contribution is -0.384. The zero-order valence-corrected chi connectivity index (χ0v) is 20.6. The molecular weight excluding hydrogens is 507 g/mol. The molecule has 2 rings (SSSR count). The van der Waals surface area contributed by atoms with Gasteiger partial charge >= 0.3 is 24.0 Å². The molecule has 204 valence electrons. The van der Waals surface area contributed by atoms with Gasteiger partial charge in [-0.2, -0.15) is 22.0 Å². The second-order valence-corrected chi connectivity index (χ2v) is 8.74. The number of nitrogens with zero attached hydrogens (tertiary/aromatic N) is 1. The second-order valence-electron chi connectivity index (χ2n) is 8.74. The summed E-state index contributed by atoms with van der Waals surface area (Å²) >= 11 is 0. The fourth-order valence-corrected chi connectivity index (χ4v) is 3.80. The van der Waals surface area contributed by atoms with Crippen molar-refractivity contribution in [1.82, 2.24) is 5.32 Å². The maximum atomic E-state index is 13.1. The van der Waals surface area contributed by atoms with Crippen molar-refractivity contribution in [1.29, 1.82) is 0 Å². The van der Waals surface area contributed by atoms with Crippen LogP contribution in [0.4, 0.5) is 27.6 Å². The number of nitrogens with one attached hydrogen (secondary N) is 1. The summed E-state index contributed by atoms with van der Waals surface area (Å²) in [6.45, 7) is 5.85. The first-order chi connectivity index (χ1) is 17.1.